The Morgan fingerprint density at radius 3 is 3.16 bits per heavy atom. The van der Waals surface area contributed by atoms with Crippen molar-refractivity contribution in [3.63, 3.8) is 0 Å². The Kier molecular flexibility index (Phi) is 4.95. The molecule has 102 valence electrons. The highest BCUT2D eigenvalue weighted by atomic mass is 16.5. The van der Waals surface area contributed by atoms with Crippen molar-refractivity contribution in [1.82, 2.24) is 4.98 Å². The second kappa shape index (κ2) is 6.92. The Hall–Kier alpha value is -1.84. The van der Waals surface area contributed by atoms with Crippen molar-refractivity contribution in [2.75, 3.05) is 18.5 Å². The Labute approximate surface area is 113 Å². The van der Waals surface area contributed by atoms with E-state index in [1.807, 2.05) is 0 Å². The SMILES string of the molecule is CCOC(=O)c1cccnc1NCCC1=CCCC1. The molecule has 0 spiro atoms. The summed E-state index contributed by atoms with van der Waals surface area (Å²) >= 11 is 0. The highest BCUT2D eigenvalue weighted by Crippen LogP contribution is 2.21. The van der Waals surface area contributed by atoms with Gasteiger partial charge in [-0.2, -0.15) is 0 Å². The van der Waals surface area contributed by atoms with Crippen LogP contribution >= 0.6 is 0 Å². The van der Waals surface area contributed by atoms with Gasteiger partial charge < -0.3 is 10.1 Å². The van der Waals surface area contributed by atoms with Crippen LogP contribution in [0.5, 0.6) is 0 Å². The predicted molar refractivity (Wildman–Crippen MR) is 75.2 cm³/mol. The molecule has 0 aliphatic heterocycles. The molecule has 4 nitrogen and oxygen atoms in total. The van der Waals surface area contributed by atoms with Gasteiger partial charge in [-0.05, 0) is 44.7 Å². The first-order valence-electron chi connectivity index (χ1n) is 6.85. The fourth-order valence-electron chi connectivity index (χ4n) is 2.23. The van der Waals surface area contributed by atoms with Crippen LogP contribution in [0.15, 0.2) is 30.0 Å². The van der Waals surface area contributed by atoms with Crippen LogP contribution in [0.3, 0.4) is 0 Å². The van der Waals surface area contributed by atoms with Crippen LogP contribution in [0.1, 0.15) is 43.0 Å². The minimum absolute atomic E-state index is 0.321. The minimum atomic E-state index is -0.321. The summed E-state index contributed by atoms with van der Waals surface area (Å²) < 4.78 is 5.02. The minimum Gasteiger partial charge on any atom is -0.462 e. The molecule has 0 bridgehead atoms. The first-order valence-corrected chi connectivity index (χ1v) is 6.85. The van der Waals surface area contributed by atoms with Crippen LogP contribution in [0.25, 0.3) is 0 Å². The maximum atomic E-state index is 11.8. The lowest BCUT2D eigenvalue weighted by atomic mass is 10.1. The largest absolute Gasteiger partial charge is 0.462 e. The average Bonchev–Trinajstić information content (AvgIpc) is 2.93. The van der Waals surface area contributed by atoms with Crippen molar-refractivity contribution in [3.8, 4) is 0 Å². The Balaban J connectivity index is 1.93. The number of aromatic nitrogens is 1. The smallest absolute Gasteiger partial charge is 0.341 e. The lowest BCUT2D eigenvalue weighted by molar-refractivity contribution is 0.0527. The van der Waals surface area contributed by atoms with Crippen LogP contribution in [0, 0.1) is 0 Å². The van der Waals surface area contributed by atoms with E-state index in [1.54, 1.807) is 25.3 Å². The second-order valence-electron chi connectivity index (χ2n) is 4.55. The molecule has 0 saturated heterocycles. The lowest BCUT2D eigenvalue weighted by Gasteiger charge is -2.10. The topological polar surface area (TPSA) is 51.2 Å². The maximum absolute atomic E-state index is 11.8. The monoisotopic (exact) mass is 260 g/mol. The van der Waals surface area contributed by atoms with E-state index in [2.05, 4.69) is 16.4 Å². The molecule has 0 atom stereocenters. The van der Waals surface area contributed by atoms with Gasteiger partial charge >= 0.3 is 5.97 Å². The first-order chi connectivity index (χ1) is 9.31. The second-order valence-corrected chi connectivity index (χ2v) is 4.55. The van der Waals surface area contributed by atoms with Gasteiger partial charge in [-0.1, -0.05) is 11.6 Å². The molecule has 1 aliphatic rings. The van der Waals surface area contributed by atoms with Crippen molar-refractivity contribution < 1.29 is 9.53 Å². The molecule has 1 N–H and O–H groups in total. The third kappa shape index (κ3) is 3.81. The number of rotatable bonds is 6. The average molecular weight is 260 g/mol. The van der Waals surface area contributed by atoms with Gasteiger partial charge in [0.25, 0.3) is 0 Å². The van der Waals surface area contributed by atoms with E-state index in [1.165, 1.54) is 24.8 Å². The summed E-state index contributed by atoms with van der Waals surface area (Å²) in [6, 6.07) is 3.49. The number of ether oxygens (including phenoxy) is 1. The van der Waals surface area contributed by atoms with Crippen LogP contribution < -0.4 is 5.32 Å². The Bertz CT molecular complexity index is 469. The predicted octanol–water partition coefficient (Wildman–Crippen LogP) is 3.17. The van der Waals surface area contributed by atoms with Gasteiger partial charge in [0.2, 0.25) is 0 Å². The third-order valence-electron chi connectivity index (χ3n) is 3.18. The third-order valence-corrected chi connectivity index (χ3v) is 3.18. The number of carbonyl (C=O) groups excluding carboxylic acids is 1. The molecule has 2 rings (SSSR count). The zero-order valence-corrected chi connectivity index (χ0v) is 11.3. The van der Waals surface area contributed by atoms with Gasteiger partial charge in [0.15, 0.2) is 0 Å². The van der Waals surface area contributed by atoms with Crippen molar-refractivity contribution in [2.45, 2.75) is 32.6 Å². The lowest BCUT2D eigenvalue weighted by Crippen LogP contribution is -2.12. The van der Waals surface area contributed by atoms with E-state index >= 15 is 0 Å². The molecule has 0 aromatic carbocycles. The van der Waals surface area contributed by atoms with E-state index in [0.29, 0.717) is 18.0 Å². The molecule has 0 radical (unpaired) electrons. The molecule has 0 fully saturated rings. The van der Waals surface area contributed by atoms with E-state index in [0.717, 1.165) is 13.0 Å². The Morgan fingerprint density at radius 2 is 2.42 bits per heavy atom. The van der Waals surface area contributed by atoms with Crippen molar-refractivity contribution in [2.24, 2.45) is 0 Å². The van der Waals surface area contributed by atoms with Crippen molar-refractivity contribution in [3.05, 3.63) is 35.5 Å². The molecular formula is C15H20N2O2. The van der Waals surface area contributed by atoms with Crippen LogP contribution in [0.4, 0.5) is 5.82 Å². The fourth-order valence-corrected chi connectivity index (χ4v) is 2.23. The molecule has 0 saturated carbocycles. The number of nitrogens with zero attached hydrogens (tertiary/aromatic N) is 1. The van der Waals surface area contributed by atoms with Crippen molar-refractivity contribution in [1.29, 1.82) is 0 Å². The normalized spacial score (nSPS) is 14.1. The number of nitrogens with one attached hydrogen (secondary N) is 1. The molecule has 19 heavy (non-hydrogen) atoms. The highest BCUT2D eigenvalue weighted by Gasteiger charge is 2.13. The van der Waals surface area contributed by atoms with Gasteiger partial charge in [0.05, 0.1) is 6.61 Å². The van der Waals surface area contributed by atoms with Gasteiger partial charge in [0, 0.05) is 12.7 Å². The number of pyridine rings is 1. The number of anilines is 1. The summed E-state index contributed by atoms with van der Waals surface area (Å²) in [5.74, 6) is 0.290. The first kappa shape index (κ1) is 13.6. The molecule has 1 heterocycles. The van der Waals surface area contributed by atoms with E-state index < -0.39 is 0 Å². The summed E-state index contributed by atoms with van der Waals surface area (Å²) in [5, 5.41) is 3.23. The number of hydrogen-bond acceptors (Lipinski definition) is 4. The summed E-state index contributed by atoms with van der Waals surface area (Å²) in [4.78, 5) is 16.0. The van der Waals surface area contributed by atoms with Crippen LogP contribution in [0.2, 0.25) is 0 Å². The molecule has 4 heteroatoms. The fraction of sp³-hybridized carbons (Fsp3) is 0.467. The maximum Gasteiger partial charge on any atom is 0.341 e. The Morgan fingerprint density at radius 1 is 1.53 bits per heavy atom. The summed E-state index contributed by atoms with van der Waals surface area (Å²) in [5.41, 5.74) is 2.01. The summed E-state index contributed by atoms with van der Waals surface area (Å²) in [7, 11) is 0. The van der Waals surface area contributed by atoms with Crippen molar-refractivity contribution >= 4 is 11.8 Å². The quantitative estimate of drug-likeness (QED) is 0.630. The van der Waals surface area contributed by atoms with Crippen LogP contribution in [-0.4, -0.2) is 24.1 Å². The number of esters is 1. The molecule has 1 aromatic rings. The van der Waals surface area contributed by atoms with Gasteiger partial charge in [0.1, 0.15) is 11.4 Å². The van der Waals surface area contributed by atoms with Gasteiger partial charge in [-0.15, -0.1) is 0 Å². The van der Waals surface area contributed by atoms with Crippen LogP contribution in [-0.2, 0) is 4.74 Å². The number of carbonyl (C=O) groups is 1. The number of allylic oxidation sites excluding steroid dienone is 1. The van der Waals surface area contributed by atoms with Gasteiger partial charge in [-0.25, -0.2) is 9.78 Å². The molecule has 1 aliphatic carbocycles. The number of hydrogen-bond donors (Lipinski definition) is 1. The standard InChI is InChI=1S/C15H20N2O2/c1-2-19-15(18)13-8-5-10-16-14(13)17-11-9-12-6-3-4-7-12/h5-6,8,10H,2-4,7,9,11H2,1H3,(H,16,17). The van der Waals surface area contributed by atoms with E-state index in [9.17, 15) is 4.79 Å². The molecule has 1 aromatic heterocycles. The van der Waals surface area contributed by atoms with E-state index in [4.69, 9.17) is 4.74 Å². The highest BCUT2D eigenvalue weighted by molar-refractivity contribution is 5.94. The summed E-state index contributed by atoms with van der Waals surface area (Å²) in [6.07, 6.45) is 8.68. The molecule has 0 unspecified atom stereocenters. The molecular weight excluding hydrogens is 240 g/mol. The zero-order chi connectivity index (χ0) is 13.5. The van der Waals surface area contributed by atoms with E-state index in [-0.39, 0.29) is 5.97 Å². The molecule has 0 amide bonds. The summed E-state index contributed by atoms with van der Waals surface area (Å²) in [6.45, 7) is 2.98. The van der Waals surface area contributed by atoms with Gasteiger partial charge in [-0.3, -0.25) is 0 Å². The zero-order valence-electron chi connectivity index (χ0n) is 11.3.